The van der Waals surface area contributed by atoms with Crippen molar-refractivity contribution >= 4 is 5.91 Å². The van der Waals surface area contributed by atoms with E-state index >= 15 is 0 Å². The van der Waals surface area contributed by atoms with Crippen molar-refractivity contribution in [3.8, 4) is 0 Å². The summed E-state index contributed by atoms with van der Waals surface area (Å²) in [7, 11) is 0. The van der Waals surface area contributed by atoms with Gasteiger partial charge in [-0.25, -0.2) is 0 Å². The van der Waals surface area contributed by atoms with Crippen molar-refractivity contribution in [1.82, 2.24) is 4.90 Å². The van der Waals surface area contributed by atoms with Gasteiger partial charge in [-0.1, -0.05) is 20.8 Å². The Hall–Kier alpha value is -0.570. The highest BCUT2D eigenvalue weighted by atomic mass is 16.2. The Labute approximate surface area is 92.0 Å². The van der Waals surface area contributed by atoms with Crippen LogP contribution in [0.3, 0.4) is 0 Å². The minimum absolute atomic E-state index is 0.180. The number of carbonyl (C=O) groups excluding carboxylic acids is 1. The van der Waals surface area contributed by atoms with Crippen molar-refractivity contribution in [2.24, 2.45) is 23.0 Å². The number of nitrogens with two attached hydrogens (primary N) is 1. The Morgan fingerprint density at radius 3 is 2.47 bits per heavy atom. The summed E-state index contributed by atoms with van der Waals surface area (Å²) in [6.07, 6.45) is 2.10. The maximum atomic E-state index is 12.1. The second-order valence-electron chi connectivity index (χ2n) is 6.09. The molecule has 2 fully saturated rings. The summed E-state index contributed by atoms with van der Waals surface area (Å²) in [5.74, 6) is 1.15. The molecule has 2 aliphatic rings. The van der Waals surface area contributed by atoms with Gasteiger partial charge in [0.05, 0.1) is 0 Å². The molecule has 0 aromatic rings. The van der Waals surface area contributed by atoms with Gasteiger partial charge in [-0.05, 0) is 24.2 Å². The third-order valence-corrected chi connectivity index (χ3v) is 3.82. The largest absolute Gasteiger partial charge is 0.341 e. The number of hydrogen-bond acceptors (Lipinski definition) is 2. The highest BCUT2D eigenvalue weighted by Gasteiger charge is 2.52. The number of hydrogen-bond donors (Lipinski definition) is 1. The number of nitrogens with zero attached hydrogens (tertiary/aromatic N) is 1. The van der Waals surface area contributed by atoms with Crippen LogP contribution >= 0.6 is 0 Å². The van der Waals surface area contributed by atoms with Crippen LogP contribution in [-0.4, -0.2) is 29.9 Å². The molecule has 0 aromatic carbocycles. The van der Waals surface area contributed by atoms with Crippen molar-refractivity contribution < 1.29 is 4.79 Å². The monoisotopic (exact) mass is 210 g/mol. The maximum Gasteiger partial charge on any atom is 0.226 e. The summed E-state index contributed by atoms with van der Waals surface area (Å²) in [6.45, 7) is 8.18. The van der Waals surface area contributed by atoms with Crippen LogP contribution < -0.4 is 5.73 Å². The second-order valence-corrected chi connectivity index (χ2v) is 6.09. The molecular weight excluding hydrogens is 188 g/mol. The molecule has 2 rings (SSSR count). The van der Waals surface area contributed by atoms with Gasteiger partial charge in [-0.15, -0.1) is 0 Å². The summed E-state index contributed by atoms with van der Waals surface area (Å²) < 4.78 is 0. The molecule has 0 bridgehead atoms. The quantitative estimate of drug-likeness (QED) is 0.707. The van der Waals surface area contributed by atoms with Crippen LogP contribution in [0.4, 0.5) is 0 Å². The van der Waals surface area contributed by atoms with E-state index < -0.39 is 0 Å². The summed E-state index contributed by atoms with van der Waals surface area (Å²) >= 11 is 0. The van der Waals surface area contributed by atoms with Gasteiger partial charge in [-0.2, -0.15) is 0 Å². The van der Waals surface area contributed by atoms with Crippen molar-refractivity contribution in [1.29, 1.82) is 0 Å². The first kappa shape index (κ1) is 10.9. The SMILES string of the molecule is CC1CC(N)CN(C(=O)C2CC2(C)C)C1. The molecule has 0 radical (unpaired) electrons. The molecule has 3 heteroatoms. The van der Waals surface area contributed by atoms with Gasteiger partial charge >= 0.3 is 0 Å². The Balaban J connectivity index is 1.96. The van der Waals surface area contributed by atoms with Crippen molar-refractivity contribution in [2.45, 2.75) is 39.7 Å². The lowest BCUT2D eigenvalue weighted by atomic mass is 9.96. The van der Waals surface area contributed by atoms with E-state index in [-0.39, 0.29) is 17.4 Å². The minimum Gasteiger partial charge on any atom is -0.341 e. The van der Waals surface area contributed by atoms with E-state index in [1.807, 2.05) is 4.90 Å². The number of rotatable bonds is 1. The zero-order valence-corrected chi connectivity index (χ0v) is 9.99. The van der Waals surface area contributed by atoms with Gasteiger partial charge in [0, 0.05) is 25.0 Å². The highest BCUT2D eigenvalue weighted by Crippen LogP contribution is 2.52. The van der Waals surface area contributed by atoms with E-state index in [4.69, 9.17) is 5.73 Å². The Morgan fingerprint density at radius 2 is 2.00 bits per heavy atom. The van der Waals surface area contributed by atoms with Gasteiger partial charge in [0.15, 0.2) is 0 Å². The summed E-state index contributed by atoms with van der Waals surface area (Å²) in [5, 5.41) is 0. The van der Waals surface area contributed by atoms with Crippen LogP contribution in [0.5, 0.6) is 0 Å². The maximum absolute atomic E-state index is 12.1. The van der Waals surface area contributed by atoms with E-state index in [0.717, 1.165) is 25.9 Å². The van der Waals surface area contributed by atoms with Crippen molar-refractivity contribution in [3.63, 3.8) is 0 Å². The second kappa shape index (κ2) is 3.48. The van der Waals surface area contributed by atoms with Crippen LogP contribution in [0, 0.1) is 17.3 Å². The molecule has 2 N–H and O–H groups in total. The average Bonchev–Trinajstić information content (AvgIpc) is 2.72. The van der Waals surface area contributed by atoms with Gasteiger partial charge in [-0.3, -0.25) is 4.79 Å². The van der Waals surface area contributed by atoms with Crippen LogP contribution in [0.1, 0.15) is 33.6 Å². The third-order valence-electron chi connectivity index (χ3n) is 3.82. The van der Waals surface area contributed by atoms with E-state index in [0.29, 0.717) is 11.8 Å². The Morgan fingerprint density at radius 1 is 1.40 bits per heavy atom. The lowest BCUT2D eigenvalue weighted by Crippen LogP contribution is -2.49. The third kappa shape index (κ3) is 2.17. The minimum atomic E-state index is 0.180. The molecule has 3 nitrogen and oxygen atoms in total. The molecule has 1 aliphatic carbocycles. The number of amides is 1. The van der Waals surface area contributed by atoms with Crippen LogP contribution in [0.2, 0.25) is 0 Å². The standard InChI is InChI=1S/C12H22N2O/c1-8-4-9(13)7-14(6-8)11(15)10-5-12(10,2)3/h8-10H,4-7,13H2,1-3H3. The van der Waals surface area contributed by atoms with E-state index in [9.17, 15) is 4.79 Å². The average molecular weight is 210 g/mol. The van der Waals surface area contributed by atoms with Gasteiger partial charge < -0.3 is 10.6 Å². The molecule has 0 aromatic heterocycles. The van der Waals surface area contributed by atoms with Crippen LogP contribution in [0.15, 0.2) is 0 Å². The molecule has 3 unspecified atom stereocenters. The molecule has 3 atom stereocenters. The number of likely N-dealkylation sites (tertiary alicyclic amines) is 1. The number of carbonyl (C=O) groups is 1. The molecule has 1 amide bonds. The zero-order valence-electron chi connectivity index (χ0n) is 9.99. The Kier molecular flexibility index (Phi) is 2.53. The predicted octanol–water partition coefficient (Wildman–Crippen LogP) is 1.23. The first-order valence-corrected chi connectivity index (χ1v) is 5.94. The first-order valence-electron chi connectivity index (χ1n) is 5.94. The van der Waals surface area contributed by atoms with Crippen LogP contribution in [-0.2, 0) is 4.79 Å². The molecule has 1 aliphatic heterocycles. The van der Waals surface area contributed by atoms with E-state index in [2.05, 4.69) is 20.8 Å². The fourth-order valence-electron chi connectivity index (χ4n) is 2.69. The van der Waals surface area contributed by atoms with Crippen LogP contribution in [0.25, 0.3) is 0 Å². The summed E-state index contributed by atoms with van der Waals surface area (Å²) in [6, 6.07) is 0.180. The van der Waals surface area contributed by atoms with Gasteiger partial charge in [0.2, 0.25) is 5.91 Å². The lowest BCUT2D eigenvalue weighted by molar-refractivity contribution is -0.135. The predicted molar refractivity (Wildman–Crippen MR) is 60.2 cm³/mol. The van der Waals surface area contributed by atoms with Crippen molar-refractivity contribution in [3.05, 3.63) is 0 Å². The van der Waals surface area contributed by atoms with Gasteiger partial charge in [0.1, 0.15) is 0 Å². The molecule has 0 spiro atoms. The topological polar surface area (TPSA) is 46.3 Å². The molecule has 86 valence electrons. The summed E-state index contributed by atoms with van der Waals surface area (Å²) in [5.41, 5.74) is 6.19. The van der Waals surface area contributed by atoms with E-state index in [1.54, 1.807) is 0 Å². The smallest absolute Gasteiger partial charge is 0.226 e. The fraction of sp³-hybridized carbons (Fsp3) is 0.917. The van der Waals surface area contributed by atoms with Gasteiger partial charge in [0.25, 0.3) is 0 Å². The Bertz CT molecular complexity index is 265. The fourth-order valence-corrected chi connectivity index (χ4v) is 2.69. The molecule has 1 saturated heterocycles. The normalized spacial score (nSPS) is 38.9. The number of piperidine rings is 1. The molecule has 15 heavy (non-hydrogen) atoms. The first-order chi connectivity index (χ1) is 6.90. The highest BCUT2D eigenvalue weighted by molar-refractivity contribution is 5.82. The zero-order chi connectivity index (χ0) is 11.2. The summed E-state index contributed by atoms with van der Waals surface area (Å²) in [4.78, 5) is 14.1. The molecular formula is C12H22N2O. The van der Waals surface area contributed by atoms with Crippen molar-refractivity contribution in [2.75, 3.05) is 13.1 Å². The molecule has 1 heterocycles. The van der Waals surface area contributed by atoms with E-state index in [1.165, 1.54) is 0 Å². The lowest BCUT2D eigenvalue weighted by Gasteiger charge is -2.35. The molecule has 1 saturated carbocycles.